The number of hydrogen-bond acceptors (Lipinski definition) is 3. The molecule has 78 valence electrons. The van der Waals surface area contributed by atoms with Crippen molar-refractivity contribution in [3.8, 4) is 5.75 Å². The van der Waals surface area contributed by atoms with Gasteiger partial charge in [0.2, 0.25) is 0 Å². The number of halogens is 1. The summed E-state index contributed by atoms with van der Waals surface area (Å²) in [6, 6.07) is 6.22. The van der Waals surface area contributed by atoms with E-state index in [2.05, 4.69) is 9.97 Å². The van der Waals surface area contributed by atoms with Gasteiger partial charge in [0.15, 0.2) is 17.5 Å². The molecule has 1 aromatic carbocycles. The summed E-state index contributed by atoms with van der Waals surface area (Å²) in [6.07, 6.45) is 1.55. The van der Waals surface area contributed by atoms with Gasteiger partial charge >= 0.3 is 0 Å². The molecule has 0 aliphatic carbocycles. The van der Waals surface area contributed by atoms with Crippen molar-refractivity contribution in [2.45, 2.75) is 6.61 Å². The van der Waals surface area contributed by atoms with E-state index in [0.29, 0.717) is 11.6 Å². The Morgan fingerprint density at radius 3 is 2.87 bits per heavy atom. The summed E-state index contributed by atoms with van der Waals surface area (Å²) in [4.78, 5) is 6.58. The number of nitrogens with two attached hydrogens (primary N) is 1. The van der Waals surface area contributed by atoms with Crippen molar-refractivity contribution >= 4 is 5.95 Å². The SMILES string of the molecule is Nc1ncc(COc2ccccc2F)[nH]1. The lowest BCUT2D eigenvalue weighted by molar-refractivity contribution is 0.286. The minimum absolute atomic E-state index is 0.213. The quantitative estimate of drug-likeness (QED) is 0.805. The van der Waals surface area contributed by atoms with Gasteiger partial charge in [-0.2, -0.15) is 0 Å². The van der Waals surface area contributed by atoms with Crippen LogP contribution in [0.2, 0.25) is 0 Å². The van der Waals surface area contributed by atoms with Gasteiger partial charge in [0.1, 0.15) is 6.61 Å². The van der Waals surface area contributed by atoms with Crippen molar-refractivity contribution in [2.24, 2.45) is 0 Å². The highest BCUT2D eigenvalue weighted by molar-refractivity contribution is 5.24. The van der Waals surface area contributed by atoms with Crippen molar-refractivity contribution in [3.05, 3.63) is 42.0 Å². The molecule has 0 unspecified atom stereocenters. The zero-order chi connectivity index (χ0) is 10.7. The Morgan fingerprint density at radius 1 is 1.40 bits per heavy atom. The molecule has 15 heavy (non-hydrogen) atoms. The highest BCUT2D eigenvalue weighted by Gasteiger charge is 2.02. The predicted molar refractivity (Wildman–Crippen MR) is 53.7 cm³/mol. The summed E-state index contributed by atoms with van der Waals surface area (Å²) in [5, 5.41) is 0. The van der Waals surface area contributed by atoms with Gasteiger partial charge in [0.25, 0.3) is 0 Å². The fourth-order valence-electron chi connectivity index (χ4n) is 1.17. The van der Waals surface area contributed by atoms with E-state index < -0.39 is 0 Å². The average molecular weight is 207 g/mol. The molecule has 0 radical (unpaired) electrons. The van der Waals surface area contributed by atoms with Crippen LogP contribution in [0, 0.1) is 5.82 Å². The molecule has 0 amide bonds. The number of nitrogens with one attached hydrogen (secondary N) is 1. The van der Waals surface area contributed by atoms with Gasteiger partial charge < -0.3 is 15.5 Å². The van der Waals surface area contributed by atoms with Gasteiger partial charge in [-0.3, -0.25) is 0 Å². The van der Waals surface area contributed by atoms with Crippen LogP contribution in [0.25, 0.3) is 0 Å². The van der Waals surface area contributed by atoms with Crippen molar-refractivity contribution in [1.82, 2.24) is 9.97 Å². The molecule has 0 fully saturated rings. The first-order chi connectivity index (χ1) is 7.25. The summed E-state index contributed by atoms with van der Waals surface area (Å²) in [7, 11) is 0. The number of para-hydroxylation sites is 1. The highest BCUT2D eigenvalue weighted by Crippen LogP contribution is 2.16. The molecule has 0 saturated carbocycles. The van der Waals surface area contributed by atoms with Gasteiger partial charge in [0.05, 0.1) is 11.9 Å². The van der Waals surface area contributed by atoms with Gasteiger partial charge in [-0.1, -0.05) is 12.1 Å². The van der Waals surface area contributed by atoms with E-state index in [0.717, 1.165) is 0 Å². The Kier molecular flexibility index (Phi) is 2.53. The standard InChI is InChI=1S/C10H10FN3O/c11-8-3-1-2-4-9(8)15-6-7-5-13-10(12)14-7/h1-5H,6H2,(H3,12,13,14). The first-order valence-electron chi connectivity index (χ1n) is 4.42. The molecule has 0 aliphatic rings. The van der Waals surface area contributed by atoms with Crippen LogP contribution in [0.4, 0.5) is 10.3 Å². The number of anilines is 1. The second kappa shape index (κ2) is 4.00. The van der Waals surface area contributed by atoms with Crippen LogP contribution in [0.15, 0.2) is 30.5 Å². The Bertz CT molecular complexity index is 455. The Balaban J connectivity index is 2.02. The van der Waals surface area contributed by atoms with Crippen LogP contribution in [-0.4, -0.2) is 9.97 Å². The van der Waals surface area contributed by atoms with Crippen LogP contribution >= 0.6 is 0 Å². The largest absolute Gasteiger partial charge is 0.484 e. The van der Waals surface area contributed by atoms with Gasteiger partial charge in [-0.25, -0.2) is 9.37 Å². The zero-order valence-corrected chi connectivity index (χ0v) is 7.90. The van der Waals surface area contributed by atoms with Crippen molar-refractivity contribution in [3.63, 3.8) is 0 Å². The third-order valence-corrected chi connectivity index (χ3v) is 1.87. The average Bonchev–Trinajstić information content (AvgIpc) is 2.63. The van der Waals surface area contributed by atoms with E-state index in [4.69, 9.17) is 10.5 Å². The Labute approximate surface area is 85.9 Å². The maximum absolute atomic E-state index is 13.1. The van der Waals surface area contributed by atoms with E-state index in [1.165, 1.54) is 6.07 Å². The lowest BCUT2D eigenvalue weighted by Crippen LogP contribution is -1.97. The molecule has 0 saturated heterocycles. The lowest BCUT2D eigenvalue weighted by atomic mass is 10.3. The number of hydrogen-bond donors (Lipinski definition) is 2. The Morgan fingerprint density at radius 2 is 2.20 bits per heavy atom. The minimum atomic E-state index is -0.384. The van der Waals surface area contributed by atoms with Crippen molar-refractivity contribution in [1.29, 1.82) is 0 Å². The van der Waals surface area contributed by atoms with Crippen LogP contribution in [-0.2, 0) is 6.61 Å². The second-order valence-electron chi connectivity index (χ2n) is 3.01. The molecule has 1 heterocycles. The fourth-order valence-corrected chi connectivity index (χ4v) is 1.17. The lowest BCUT2D eigenvalue weighted by Gasteiger charge is -2.04. The molecule has 5 heteroatoms. The molecule has 4 nitrogen and oxygen atoms in total. The summed E-state index contributed by atoms with van der Waals surface area (Å²) >= 11 is 0. The van der Waals surface area contributed by atoms with Gasteiger partial charge in [-0.15, -0.1) is 0 Å². The minimum Gasteiger partial charge on any atom is -0.484 e. The van der Waals surface area contributed by atoms with Crippen LogP contribution in [0.5, 0.6) is 5.75 Å². The molecule has 0 spiro atoms. The number of rotatable bonds is 3. The number of nitrogen functional groups attached to an aromatic ring is 1. The van der Waals surface area contributed by atoms with Crippen LogP contribution < -0.4 is 10.5 Å². The number of benzene rings is 1. The summed E-state index contributed by atoms with van der Waals surface area (Å²) in [6.45, 7) is 0.213. The smallest absolute Gasteiger partial charge is 0.197 e. The van der Waals surface area contributed by atoms with Gasteiger partial charge in [-0.05, 0) is 12.1 Å². The van der Waals surface area contributed by atoms with Crippen LogP contribution in [0.1, 0.15) is 5.69 Å². The number of nitrogens with zero attached hydrogens (tertiary/aromatic N) is 1. The molecule has 0 aliphatic heterocycles. The van der Waals surface area contributed by atoms with Crippen LogP contribution in [0.3, 0.4) is 0 Å². The molecule has 2 rings (SSSR count). The zero-order valence-electron chi connectivity index (χ0n) is 7.90. The molecule has 3 N–H and O–H groups in total. The number of imidazole rings is 1. The van der Waals surface area contributed by atoms with Crippen molar-refractivity contribution in [2.75, 3.05) is 5.73 Å². The van der Waals surface area contributed by atoms with E-state index in [9.17, 15) is 4.39 Å². The second-order valence-corrected chi connectivity index (χ2v) is 3.01. The molecule has 2 aromatic rings. The maximum Gasteiger partial charge on any atom is 0.197 e. The van der Waals surface area contributed by atoms with Crippen molar-refractivity contribution < 1.29 is 9.13 Å². The topological polar surface area (TPSA) is 63.9 Å². The van der Waals surface area contributed by atoms with E-state index in [1.807, 2.05) is 0 Å². The summed E-state index contributed by atoms with van der Waals surface area (Å²) < 4.78 is 18.4. The van der Waals surface area contributed by atoms with E-state index in [1.54, 1.807) is 24.4 Å². The molecular formula is C10H10FN3O. The monoisotopic (exact) mass is 207 g/mol. The Hall–Kier alpha value is -2.04. The highest BCUT2D eigenvalue weighted by atomic mass is 19.1. The molecular weight excluding hydrogens is 197 g/mol. The summed E-state index contributed by atoms with van der Waals surface area (Å²) in [5.41, 5.74) is 6.09. The third kappa shape index (κ3) is 2.25. The normalized spacial score (nSPS) is 10.2. The van der Waals surface area contributed by atoms with Gasteiger partial charge in [0, 0.05) is 0 Å². The number of aromatic amines is 1. The summed E-state index contributed by atoms with van der Waals surface area (Å²) in [5.74, 6) is 0.151. The number of ether oxygens (including phenoxy) is 1. The molecule has 0 bridgehead atoms. The van der Waals surface area contributed by atoms with E-state index in [-0.39, 0.29) is 18.2 Å². The first-order valence-corrected chi connectivity index (χ1v) is 4.42. The first kappa shape index (κ1) is 9.51. The van der Waals surface area contributed by atoms with E-state index >= 15 is 0 Å². The number of H-pyrrole nitrogens is 1. The predicted octanol–water partition coefficient (Wildman–Crippen LogP) is 1.71. The third-order valence-electron chi connectivity index (χ3n) is 1.87. The molecule has 1 aromatic heterocycles. The maximum atomic E-state index is 13.1. The fraction of sp³-hybridized carbons (Fsp3) is 0.100. The molecule has 0 atom stereocenters. The number of aromatic nitrogens is 2.